The lowest BCUT2D eigenvalue weighted by atomic mass is 10.0. The van der Waals surface area contributed by atoms with Crippen LogP contribution in [-0.2, 0) is 0 Å². The van der Waals surface area contributed by atoms with Crippen molar-refractivity contribution in [2.24, 2.45) is 11.7 Å². The van der Waals surface area contributed by atoms with Gasteiger partial charge in [-0.25, -0.2) is 8.78 Å². The lowest BCUT2D eigenvalue weighted by Gasteiger charge is -2.11. The summed E-state index contributed by atoms with van der Waals surface area (Å²) in [4.78, 5) is 0. The molecule has 3 N–H and O–H groups in total. The highest BCUT2D eigenvalue weighted by Crippen LogP contribution is 2.23. The highest BCUT2D eigenvalue weighted by atomic mass is 35.5. The number of nitrogens with one attached hydrogen (secondary N) is 1. The molecule has 0 aliphatic carbocycles. The van der Waals surface area contributed by atoms with Gasteiger partial charge in [-0.3, -0.25) is 0 Å². The summed E-state index contributed by atoms with van der Waals surface area (Å²) in [6.07, 6.45) is 2.20. The summed E-state index contributed by atoms with van der Waals surface area (Å²) in [6.45, 7) is 3.85. The molecular weight excluding hydrogens is 222 g/mol. The number of rotatable bonds is 3. The average molecular weight is 235 g/mol. The van der Waals surface area contributed by atoms with Crippen molar-refractivity contribution >= 4 is 11.6 Å². The van der Waals surface area contributed by atoms with Crippen LogP contribution in [0.1, 0.15) is 6.42 Å². The van der Waals surface area contributed by atoms with Crippen molar-refractivity contribution in [2.75, 3.05) is 6.54 Å². The van der Waals surface area contributed by atoms with E-state index in [1.54, 1.807) is 0 Å². The van der Waals surface area contributed by atoms with Crippen LogP contribution in [0.3, 0.4) is 0 Å². The van der Waals surface area contributed by atoms with Crippen LogP contribution in [0.4, 0.5) is 8.78 Å². The maximum Gasteiger partial charge on any atom is 0.141 e. The van der Waals surface area contributed by atoms with Crippen LogP contribution < -0.4 is 11.1 Å². The zero-order valence-electron chi connectivity index (χ0n) is 8.14. The molecule has 1 saturated heterocycles. The molecule has 0 bridgehead atoms. The Labute approximate surface area is 92.5 Å². The van der Waals surface area contributed by atoms with Crippen LogP contribution in [0.5, 0.6) is 0 Å². The first-order valence-electron chi connectivity index (χ1n) is 4.59. The van der Waals surface area contributed by atoms with Crippen molar-refractivity contribution in [3.63, 3.8) is 0 Å². The maximum absolute atomic E-state index is 13.4. The molecule has 0 radical (unpaired) electrons. The summed E-state index contributed by atoms with van der Waals surface area (Å²) in [5.74, 6) is -1.58. The van der Waals surface area contributed by atoms with E-state index in [9.17, 15) is 8.78 Å². The van der Waals surface area contributed by atoms with E-state index in [1.165, 1.54) is 0 Å². The Balaban J connectivity index is 2.67. The smallest absolute Gasteiger partial charge is 0.141 e. The molecule has 0 spiro atoms. The zero-order chi connectivity index (χ0) is 11.4. The van der Waals surface area contributed by atoms with E-state index in [1.807, 2.05) is 0 Å². The molecule has 1 aliphatic heterocycles. The van der Waals surface area contributed by atoms with Gasteiger partial charge in [0.15, 0.2) is 0 Å². The van der Waals surface area contributed by atoms with Gasteiger partial charge in [0.2, 0.25) is 0 Å². The fourth-order valence-electron chi connectivity index (χ4n) is 1.40. The van der Waals surface area contributed by atoms with E-state index in [2.05, 4.69) is 11.9 Å². The van der Waals surface area contributed by atoms with E-state index in [-0.39, 0.29) is 5.03 Å². The van der Waals surface area contributed by atoms with Crippen LogP contribution in [0.2, 0.25) is 0 Å². The second-order valence-electron chi connectivity index (χ2n) is 3.35. The van der Waals surface area contributed by atoms with Crippen molar-refractivity contribution in [1.29, 1.82) is 0 Å². The van der Waals surface area contributed by atoms with Crippen LogP contribution in [-0.4, -0.2) is 12.7 Å². The predicted molar refractivity (Wildman–Crippen MR) is 57.5 cm³/mol. The molecule has 15 heavy (non-hydrogen) atoms. The Kier molecular flexibility index (Phi) is 4.45. The Morgan fingerprint density at radius 1 is 1.47 bits per heavy atom. The van der Waals surface area contributed by atoms with Gasteiger partial charge in [0.25, 0.3) is 0 Å². The third-order valence-corrected chi connectivity index (χ3v) is 2.45. The second kappa shape index (κ2) is 5.39. The number of allylic oxidation sites excluding steroid dienone is 4. The quantitative estimate of drug-likeness (QED) is 0.736. The number of halogens is 3. The average Bonchev–Trinajstić information content (AvgIpc) is 2.60. The van der Waals surface area contributed by atoms with Gasteiger partial charge in [-0.2, -0.15) is 0 Å². The standard InChI is InChI=1S/C10H13ClF2N2/c1-6(11)8(12)2-3-9(13)7-4-5-15-10(7)14/h2-3,7,10,15H,1,4-5,14H2/b8-2+,9-3-. The van der Waals surface area contributed by atoms with E-state index < -0.39 is 23.7 Å². The minimum absolute atomic E-state index is 0.243. The molecule has 0 aromatic carbocycles. The maximum atomic E-state index is 13.4. The third kappa shape index (κ3) is 3.41. The normalized spacial score (nSPS) is 28.3. The zero-order valence-corrected chi connectivity index (χ0v) is 8.90. The van der Waals surface area contributed by atoms with Gasteiger partial charge < -0.3 is 11.1 Å². The Hall–Kier alpha value is -0.710. The van der Waals surface area contributed by atoms with E-state index in [0.29, 0.717) is 13.0 Å². The van der Waals surface area contributed by atoms with Gasteiger partial charge in [0, 0.05) is 5.92 Å². The SMILES string of the molecule is C=C(Cl)/C(F)=C\C=C(/F)C1CCNC1N. The van der Waals surface area contributed by atoms with Crippen molar-refractivity contribution in [2.45, 2.75) is 12.6 Å². The summed E-state index contributed by atoms with van der Waals surface area (Å²) < 4.78 is 26.3. The Morgan fingerprint density at radius 3 is 2.60 bits per heavy atom. The lowest BCUT2D eigenvalue weighted by molar-refractivity contribution is 0.424. The van der Waals surface area contributed by atoms with Crippen molar-refractivity contribution in [1.82, 2.24) is 5.32 Å². The van der Waals surface area contributed by atoms with E-state index in [0.717, 1.165) is 12.2 Å². The van der Waals surface area contributed by atoms with Crippen LogP contribution >= 0.6 is 11.6 Å². The van der Waals surface area contributed by atoms with Gasteiger partial charge in [-0.1, -0.05) is 18.2 Å². The van der Waals surface area contributed by atoms with Crippen molar-refractivity contribution in [3.8, 4) is 0 Å². The summed E-state index contributed by atoms with van der Waals surface area (Å²) >= 11 is 5.27. The lowest BCUT2D eigenvalue weighted by Crippen LogP contribution is -2.36. The summed E-state index contributed by atoms with van der Waals surface area (Å²) in [7, 11) is 0. The van der Waals surface area contributed by atoms with Gasteiger partial charge in [-0.05, 0) is 25.1 Å². The molecule has 0 amide bonds. The molecule has 2 unspecified atom stereocenters. The van der Waals surface area contributed by atoms with Crippen LogP contribution in [0.15, 0.2) is 35.4 Å². The largest absolute Gasteiger partial charge is 0.315 e. The number of hydrogen-bond acceptors (Lipinski definition) is 2. The molecule has 1 aliphatic rings. The van der Waals surface area contributed by atoms with Crippen molar-refractivity contribution in [3.05, 3.63) is 35.4 Å². The minimum Gasteiger partial charge on any atom is -0.315 e. The third-order valence-electron chi connectivity index (χ3n) is 2.27. The number of nitrogens with two attached hydrogens (primary N) is 1. The predicted octanol–water partition coefficient (Wildman–Crippen LogP) is 2.34. The van der Waals surface area contributed by atoms with Crippen LogP contribution in [0, 0.1) is 5.92 Å². The fourth-order valence-corrected chi connectivity index (χ4v) is 1.47. The summed E-state index contributed by atoms with van der Waals surface area (Å²) in [5, 5.41) is 2.66. The van der Waals surface area contributed by atoms with Crippen molar-refractivity contribution < 1.29 is 8.78 Å². The topological polar surface area (TPSA) is 38.0 Å². The first-order chi connectivity index (χ1) is 7.02. The van der Waals surface area contributed by atoms with Crippen LogP contribution in [0.25, 0.3) is 0 Å². The number of hydrogen-bond donors (Lipinski definition) is 2. The molecule has 1 fully saturated rings. The highest BCUT2D eigenvalue weighted by Gasteiger charge is 2.26. The molecule has 0 saturated carbocycles. The molecular formula is C10H13ClF2N2. The highest BCUT2D eigenvalue weighted by molar-refractivity contribution is 6.31. The molecule has 1 heterocycles. The van der Waals surface area contributed by atoms with Gasteiger partial charge in [-0.15, -0.1) is 0 Å². The Bertz CT molecular complexity index is 313. The molecule has 84 valence electrons. The Morgan fingerprint density at radius 2 is 2.13 bits per heavy atom. The first-order valence-corrected chi connectivity index (χ1v) is 4.96. The molecule has 5 heteroatoms. The molecule has 0 aromatic heterocycles. The summed E-state index contributed by atoms with van der Waals surface area (Å²) in [5.41, 5.74) is 5.60. The molecule has 2 nitrogen and oxygen atoms in total. The van der Waals surface area contributed by atoms with E-state index >= 15 is 0 Å². The van der Waals surface area contributed by atoms with Gasteiger partial charge in [0.1, 0.15) is 11.7 Å². The summed E-state index contributed by atoms with van der Waals surface area (Å²) in [6, 6.07) is 0. The molecule has 1 rings (SSSR count). The van der Waals surface area contributed by atoms with Gasteiger partial charge >= 0.3 is 0 Å². The fraction of sp³-hybridized carbons (Fsp3) is 0.400. The first kappa shape index (κ1) is 12.4. The van der Waals surface area contributed by atoms with Gasteiger partial charge in [0.05, 0.1) is 11.2 Å². The molecule has 0 aromatic rings. The minimum atomic E-state index is -0.744. The monoisotopic (exact) mass is 234 g/mol. The molecule has 2 atom stereocenters. The van der Waals surface area contributed by atoms with E-state index in [4.69, 9.17) is 17.3 Å². The second-order valence-corrected chi connectivity index (χ2v) is 3.80.